The lowest BCUT2D eigenvalue weighted by molar-refractivity contribution is 0.696. The Morgan fingerprint density at radius 3 is 2.59 bits per heavy atom. The highest BCUT2D eigenvalue weighted by Crippen LogP contribution is 2.24. The van der Waals surface area contributed by atoms with E-state index in [4.69, 9.17) is 5.26 Å². The van der Waals surface area contributed by atoms with Gasteiger partial charge in [0.25, 0.3) is 0 Å². The van der Waals surface area contributed by atoms with Gasteiger partial charge in [-0.05, 0) is 61.2 Å². The van der Waals surface area contributed by atoms with Crippen LogP contribution < -0.4 is 4.90 Å². The summed E-state index contributed by atoms with van der Waals surface area (Å²) in [6.45, 7) is 3.80. The summed E-state index contributed by atoms with van der Waals surface area (Å²) in [7, 11) is 2.02. The van der Waals surface area contributed by atoms with E-state index in [0.717, 1.165) is 36.0 Å². The number of nitrogens with zero attached hydrogens (tertiary/aromatic N) is 4. The summed E-state index contributed by atoms with van der Waals surface area (Å²) in [5, 5.41) is 9.14. The van der Waals surface area contributed by atoms with Gasteiger partial charge in [0.05, 0.1) is 30.2 Å². The van der Waals surface area contributed by atoms with Gasteiger partial charge in [-0.2, -0.15) is 5.26 Å². The van der Waals surface area contributed by atoms with Crippen LogP contribution in [-0.2, 0) is 20.0 Å². The maximum absolute atomic E-state index is 9.14. The number of halogens is 1. The van der Waals surface area contributed by atoms with Crippen molar-refractivity contribution in [3.63, 3.8) is 0 Å². The first-order valence-corrected chi connectivity index (χ1v) is 9.81. The molecule has 0 amide bonds. The Kier molecular flexibility index (Phi) is 6.31. The van der Waals surface area contributed by atoms with Crippen LogP contribution in [0.1, 0.15) is 28.8 Å². The molecule has 5 heteroatoms. The van der Waals surface area contributed by atoms with Crippen molar-refractivity contribution >= 4 is 21.6 Å². The molecule has 0 spiro atoms. The lowest BCUT2D eigenvalue weighted by atomic mass is 10.1. The van der Waals surface area contributed by atoms with E-state index in [9.17, 15) is 0 Å². The van der Waals surface area contributed by atoms with Gasteiger partial charge in [0.2, 0.25) is 0 Å². The number of hydrogen-bond donors (Lipinski definition) is 0. The first-order chi connectivity index (χ1) is 13.1. The minimum absolute atomic E-state index is 0.701. The number of hydrogen-bond acceptors (Lipinski definition) is 3. The third-order valence-corrected chi connectivity index (χ3v) is 5.27. The van der Waals surface area contributed by atoms with E-state index in [-0.39, 0.29) is 0 Å². The molecule has 0 atom stereocenters. The molecule has 0 aliphatic carbocycles. The summed E-state index contributed by atoms with van der Waals surface area (Å²) < 4.78 is 3.16. The minimum atomic E-state index is 0.701. The number of aromatic nitrogens is 2. The lowest BCUT2D eigenvalue weighted by Gasteiger charge is -2.27. The molecule has 0 N–H and O–H groups in total. The summed E-state index contributed by atoms with van der Waals surface area (Å²) in [5.41, 5.74) is 5.51. The second kappa shape index (κ2) is 8.88. The van der Waals surface area contributed by atoms with E-state index in [2.05, 4.69) is 73.7 Å². The van der Waals surface area contributed by atoms with E-state index in [1.54, 1.807) is 0 Å². The molecule has 0 saturated carbocycles. The molecule has 1 heterocycles. The molecule has 27 heavy (non-hydrogen) atoms. The molecular formula is C22H23BrN4. The van der Waals surface area contributed by atoms with Crippen LogP contribution >= 0.6 is 15.9 Å². The van der Waals surface area contributed by atoms with Gasteiger partial charge < -0.3 is 9.47 Å². The van der Waals surface area contributed by atoms with Crippen molar-refractivity contribution in [3.8, 4) is 6.07 Å². The van der Waals surface area contributed by atoms with E-state index in [0.29, 0.717) is 5.56 Å². The molecule has 0 aliphatic rings. The molecule has 0 radical (unpaired) electrons. The highest BCUT2D eigenvalue weighted by Gasteiger charge is 2.12. The maximum Gasteiger partial charge on any atom is 0.0991 e. The minimum Gasteiger partial charge on any atom is -0.365 e. The van der Waals surface area contributed by atoms with E-state index in [1.807, 2.05) is 31.7 Å². The molecule has 0 saturated heterocycles. The van der Waals surface area contributed by atoms with Crippen LogP contribution in [0.3, 0.4) is 0 Å². The van der Waals surface area contributed by atoms with Crippen LogP contribution in [-0.4, -0.2) is 16.1 Å². The Morgan fingerprint density at radius 1 is 1.19 bits per heavy atom. The summed E-state index contributed by atoms with van der Waals surface area (Å²) in [6.07, 6.45) is 5.84. The van der Waals surface area contributed by atoms with Crippen LogP contribution in [0.25, 0.3) is 0 Å². The van der Waals surface area contributed by atoms with Crippen LogP contribution in [0.15, 0.2) is 59.5 Å². The van der Waals surface area contributed by atoms with Crippen molar-refractivity contribution < 1.29 is 0 Å². The number of rotatable bonds is 7. The van der Waals surface area contributed by atoms with Gasteiger partial charge in [-0.15, -0.1) is 0 Å². The number of aryl methyl sites for hydroxylation is 3. The summed E-state index contributed by atoms with van der Waals surface area (Å²) >= 11 is 3.49. The fraction of sp³-hybridized carbons (Fsp3) is 0.273. The first kappa shape index (κ1) is 19.2. The molecule has 0 aliphatic heterocycles. The SMILES string of the molecule is Cc1cc(C#N)ccc1N(CCCc1ccc(Br)cc1)Cc1cncn1C. The average Bonchev–Trinajstić information content (AvgIpc) is 3.07. The van der Waals surface area contributed by atoms with Crippen molar-refractivity contribution in [1.29, 1.82) is 5.26 Å². The zero-order chi connectivity index (χ0) is 19.2. The molecule has 0 bridgehead atoms. The molecule has 0 fully saturated rings. The molecule has 4 nitrogen and oxygen atoms in total. The van der Waals surface area contributed by atoms with Crippen molar-refractivity contribution in [2.45, 2.75) is 26.3 Å². The highest BCUT2D eigenvalue weighted by atomic mass is 79.9. The largest absolute Gasteiger partial charge is 0.365 e. The molecule has 1 aromatic heterocycles. The van der Waals surface area contributed by atoms with E-state index >= 15 is 0 Å². The molecule has 0 unspecified atom stereocenters. The van der Waals surface area contributed by atoms with Crippen molar-refractivity contribution in [2.24, 2.45) is 7.05 Å². The second-order valence-electron chi connectivity index (χ2n) is 6.76. The topological polar surface area (TPSA) is 44.9 Å². The van der Waals surface area contributed by atoms with Gasteiger partial charge >= 0.3 is 0 Å². The Balaban J connectivity index is 1.76. The predicted molar refractivity (Wildman–Crippen MR) is 113 cm³/mol. The van der Waals surface area contributed by atoms with Crippen LogP contribution in [0, 0.1) is 18.3 Å². The smallest absolute Gasteiger partial charge is 0.0991 e. The second-order valence-corrected chi connectivity index (χ2v) is 7.68. The Morgan fingerprint density at radius 2 is 1.96 bits per heavy atom. The fourth-order valence-electron chi connectivity index (χ4n) is 3.22. The van der Waals surface area contributed by atoms with Crippen molar-refractivity contribution in [3.05, 3.63) is 81.8 Å². The molecule has 3 rings (SSSR count). The quantitative estimate of drug-likeness (QED) is 0.537. The van der Waals surface area contributed by atoms with Gasteiger partial charge in [0.15, 0.2) is 0 Å². The first-order valence-electron chi connectivity index (χ1n) is 9.02. The normalized spacial score (nSPS) is 10.6. The van der Waals surface area contributed by atoms with Gasteiger partial charge in [0.1, 0.15) is 0 Å². The average molecular weight is 423 g/mol. The van der Waals surface area contributed by atoms with E-state index < -0.39 is 0 Å². The summed E-state index contributed by atoms with van der Waals surface area (Å²) in [4.78, 5) is 6.62. The van der Waals surface area contributed by atoms with E-state index in [1.165, 1.54) is 16.9 Å². The Bertz CT molecular complexity index is 938. The van der Waals surface area contributed by atoms with Gasteiger partial charge in [-0.1, -0.05) is 28.1 Å². The molecule has 2 aromatic carbocycles. The summed E-state index contributed by atoms with van der Waals surface area (Å²) in [5.74, 6) is 0. The highest BCUT2D eigenvalue weighted by molar-refractivity contribution is 9.10. The van der Waals surface area contributed by atoms with Crippen LogP contribution in [0.2, 0.25) is 0 Å². The molecule has 3 aromatic rings. The fourth-order valence-corrected chi connectivity index (χ4v) is 3.49. The van der Waals surface area contributed by atoms with Crippen LogP contribution in [0.5, 0.6) is 0 Å². The van der Waals surface area contributed by atoms with Crippen LogP contribution in [0.4, 0.5) is 5.69 Å². The summed E-state index contributed by atoms with van der Waals surface area (Å²) in [6, 6.07) is 16.7. The lowest BCUT2D eigenvalue weighted by Crippen LogP contribution is -2.26. The number of benzene rings is 2. The predicted octanol–water partition coefficient (Wildman–Crippen LogP) is 5.00. The number of anilines is 1. The standard InChI is InChI=1S/C22H23BrN4/c1-17-12-19(13-24)7-10-22(17)27(15-21-14-25-16-26(21)2)11-3-4-18-5-8-20(23)9-6-18/h5-10,12,14,16H,3-4,11,15H2,1-2H3. The third kappa shape index (κ3) is 4.99. The Labute approximate surface area is 169 Å². The zero-order valence-electron chi connectivity index (χ0n) is 15.7. The maximum atomic E-state index is 9.14. The van der Waals surface area contributed by atoms with Gasteiger partial charge in [0, 0.05) is 29.9 Å². The molecule has 138 valence electrons. The number of nitriles is 1. The van der Waals surface area contributed by atoms with Crippen molar-refractivity contribution in [1.82, 2.24) is 9.55 Å². The third-order valence-electron chi connectivity index (χ3n) is 4.74. The van der Waals surface area contributed by atoms with Gasteiger partial charge in [-0.25, -0.2) is 4.98 Å². The van der Waals surface area contributed by atoms with Crippen molar-refractivity contribution in [2.75, 3.05) is 11.4 Å². The zero-order valence-corrected chi connectivity index (χ0v) is 17.3. The monoisotopic (exact) mass is 422 g/mol. The number of imidazole rings is 1. The van der Waals surface area contributed by atoms with Gasteiger partial charge in [-0.3, -0.25) is 0 Å². The molecular weight excluding hydrogens is 400 g/mol. The Hall–Kier alpha value is -2.58.